The zero-order valence-electron chi connectivity index (χ0n) is 41.0. The monoisotopic (exact) mass is 949 g/mol. The molecule has 0 amide bonds. The van der Waals surface area contributed by atoms with Gasteiger partial charge in [0, 0.05) is 39.6 Å². The molecule has 18 heteroatoms. The summed E-state index contributed by atoms with van der Waals surface area (Å²) in [5, 5.41) is 0. The van der Waals surface area contributed by atoms with Crippen LogP contribution >= 0.6 is 0 Å². The number of carbonyl (C=O) groups is 6. The fourth-order valence-corrected chi connectivity index (χ4v) is 6.70. The lowest BCUT2D eigenvalue weighted by molar-refractivity contribution is -0.265. The Bertz CT molecular complexity index is 1040. The summed E-state index contributed by atoms with van der Waals surface area (Å²) in [5.74, 6) is -5.86. The minimum absolute atomic E-state index is 0.227. The molecule has 1 rings (SSSR count). The molecule has 66 heavy (non-hydrogen) atoms. The van der Waals surface area contributed by atoms with E-state index < -0.39 is 112 Å². The standard InChI is InChI=1S/C48H84O18/c1-7-13-19-25-55-31-37(49)61-43-44(62-38(50)32-56-26-20-14-8-2)46(64-40(52)34-58-28-22-16-10-4)48(66-42(54)36-60-30-24-18-12-6)47(65-41(53)35-59-29-23-17-11-5)45(43)63-39(51)33-57-27-21-15-9-3/h43-48H,7-36H2,1-6H3. The molecule has 0 N–H and O–H groups in total. The first-order valence-electron chi connectivity index (χ1n) is 24.7. The van der Waals surface area contributed by atoms with E-state index in [2.05, 4.69) is 0 Å². The van der Waals surface area contributed by atoms with E-state index >= 15 is 0 Å². The van der Waals surface area contributed by atoms with Crippen LogP contribution in [0.3, 0.4) is 0 Å². The van der Waals surface area contributed by atoms with Crippen LogP contribution in [0.1, 0.15) is 157 Å². The van der Waals surface area contributed by atoms with Gasteiger partial charge in [-0.1, -0.05) is 119 Å². The lowest BCUT2D eigenvalue weighted by atomic mass is 9.83. The maximum absolute atomic E-state index is 13.7. The Kier molecular flexibility index (Phi) is 37.3. The van der Waals surface area contributed by atoms with Crippen molar-refractivity contribution in [3.05, 3.63) is 0 Å². The molecule has 0 spiro atoms. The van der Waals surface area contributed by atoms with Gasteiger partial charge in [0.2, 0.25) is 0 Å². The maximum atomic E-state index is 13.7. The number of esters is 6. The highest BCUT2D eigenvalue weighted by molar-refractivity contribution is 5.75. The van der Waals surface area contributed by atoms with Gasteiger partial charge in [-0.2, -0.15) is 0 Å². The fraction of sp³-hybridized carbons (Fsp3) is 0.875. The van der Waals surface area contributed by atoms with Gasteiger partial charge in [-0.05, 0) is 38.5 Å². The van der Waals surface area contributed by atoms with Gasteiger partial charge in [0.25, 0.3) is 0 Å². The molecule has 0 aliphatic heterocycles. The highest BCUT2D eigenvalue weighted by atomic mass is 16.7. The molecular weight excluding hydrogens is 865 g/mol. The molecule has 1 fully saturated rings. The minimum atomic E-state index is -1.85. The summed E-state index contributed by atoms with van der Waals surface area (Å²) < 4.78 is 69.3. The third kappa shape index (κ3) is 28.7. The van der Waals surface area contributed by atoms with Crippen molar-refractivity contribution >= 4 is 35.8 Å². The molecule has 0 aromatic heterocycles. The molecule has 0 bridgehead atoms. The van der Waals surface area contributed by atoms with Crippen molar-refractivity contribution in [2.45, 2.75) is 194 Å². The molecule has 1 saturated carbocycles. The first-order chi connectivity index (χ1) is 32.1. The molecule has 0 aromatic carbocycles. The maximum Gasteiger partial charge on any atom is 0.332 e. The third-order valence-electron chi connectivity index (χ3n) is 10.2. The summed E-state index contributed by atoms with van der Waals surface area (Å²) in [6, 6.07) is 0. The Morgan fingerprint density at radius 1 is 0.242 bits per heavy atom. The number of ether oxygens (including phenoxy) is 12. The molecule has 0 radical (unpaired) electrons. The van der Waals surface area contributed by atoms with Crippen LogP contribution in [-0.2, 0) is 85.6 Å². The second kappa shape index (κ2) is 40.6. The molecular formula is C48H84O18. The highest BCUT2D eigenvalue weighted by Crippen LogP contribution is 2.35. The van der Waals surface area contributed by atoms with E-state index in [4.69, 9.17) is 56.8 Å². The van der Waals surface area contributed by atoms with Gasteiger partial charge in [0.05, 0.1) is 0 Å². The normalized spacial score (nSPS) is 19.2. The summed E-state index contributed by atoms with van der Waals surface area (Å²) in [4.78, 5) is 82.1. The lowest BCUT2D eigenvalue weighted by Crippen LogP contribution is -2.69. The van der Waals surface area contributed by atoms with E-state index in [0.29, 0.717) is 38.5 Å². The van der Waals surface area contributed by atoms with Crippen LogP contribution in [0.2, 0.25) is 0 Å². The van der Waals surface area contributed by atoms with E-state index in [-0.39, 0.29) is 39.6 Å². The van der Waals surface area contributed by atoms with Crippen molar-refractivity contribution in [2.24, 2.45) is 0 Å². The van der Waals surface area contributed by atoms with Crippen LogP contribution in [0.4, 0.5) is 0 Å². The van der Waals surface area contributed by atoms with Gasteiger partial charge < -0.3 is 56.8 Å². The summed E-state index contributed by atoms with van der Waals surface area (Å²) in [6.45, 7) is 10.1. The summed E-state index contributed by atoms with van der Waals surface area (Å²) in [6.07, 6.45) is 3.43. The second-order valence-corrected chi connectivity index (χ2v) is 16.3. The summed E-state index contributed by atoms with van der Waals surface area (Å²) in [7, 11) is 0. The fourth-order valence-electron chi connectivity index (χ4n) is 6.70. The van der Waals surface area contributed by atoms with Crippen LogP contribution < -0.4 is 0 Å². The van der Waals surface area contributed by atoms with Crippen molar-refractivity contribution in [1.82, 2.24) is 0 Å². The van der Waals surface area contributed by atoms with Crippen LogP contribution in [0.15, 0.2) is 0 Å². The number of unbranched alkanes of at least 4 members (excludes halogenated alkanes) is 12. The summed E-state index contributed by atoms with van der Waals surface area (Å²) in [5.41, 5.74) is 0. The van der Waals surface area contributed by atoms with Gasteiger partial charge >= 0.3 is 35.8 Å². The van der Waals surface area contributed by atoms with Crippen LogP contribution in [0, 0.1) is 0 Å². The van der Waals surface area contributed by atoms with Crippen molar-refractivity contribution in [3.8, 4) is 0 Å². The number of rotatable bonds is 42. The van der Waals surface area contributed by atoms with Crippen LogP contribution in [0.25, 0.3) is 0 Å². The largest absolute Gasteiger partial charge is 0.452 e. The Labute approximate surface area is 393 Å². The molecule has 0 heterocycles. The van der Waals surface area contributed by atoms with E-state index in [1.807, 2.05) is 41.5 Å². The molecule has 18 nitrogen and oxygen atoms in total. The SMILES string of the molecule is CCCCCOCC(=O)OC1C(OC(=O)COCCCCC)C(OC(=O)COCCCCC)C(OC(=O)COCCCCC)C(OC(=O)COCCCCC)C1OC(=O)COCCCCC. The zero-order chi connectivity index (χ0) is 48.6. The predicted molar refractivity (Wildman–Crippen MR) is 241 cm³/mol. The van der Waals surface area contributed by atoms with E-state index in [0.717, 1.165) is 77.0 Å². The predicted octanol–water partition coefficient (Wildman–Crippen LogP) is 6.71. The van der Waals surface area contributed by atoms with Crippen LogP contribution in [-0.4, -0.2) is 152 Å². The van der Waals surface area contributed by atoms with E-state index in [1.54, 1.807) is 0 Å². The van der Waals surface area contributed by atoms with Crippen molar-refractivity contribution < 1.29 is 85.6 Å². The lowest BCUT2D eigenvalue weighted by Gasteiger charge is -2.47. The van der Waals surface area contributed by atoms with Gasteiger partial charge in [-0.3, -0.25) is 0 Å². The molecule has 0 saturated heterocycles. The van der Waals surface area contributed by atoms with Gasteiger partial charge in [-0.25, -0.2) is 28.8 Å². The van der Waals surface area contributed by atoms with Gasteiger partial charge in [0.15, 0.2) is 36.6 Å². The van der Waals surface area contributed by atoms with Gasteiger partial charge in [0.1, 0.15) is 39.6 Å². The molecule has 0 unspecified atom stereocenters. The Balaban J connectivity index is 3.97. The average molecular weight is 949 g/mol. The molecule has 0 atom stereocenters. The molecule has 384 valence electrons. The zero-order valence-corrected chi connectivity index (χ0v) is 41.0. The Morgan fingerprint density at radius 2 is 0.379 bits per heavy atom. The van der Waals surface area contributed by atoms with Crippen molar-refractivity contribution in [1.29, 1.82) is 0 Å². The van der Waals surface area contributed by atoms with Crippen molar-refractivity contribution in [2.75, 3.05) is 79.3 Å². The molecule has 1 aliphatic carbocycles. The number of hydrogen-bond donors (Lipinski definition) is 0. The molecule has 1 aliphatic rings. The number of hydrogen-bond acceptors (Lipinski definition) is 18. The third-order valence-corrected chi connectivity index (χ3v) is 10.2. The number of carbonyl (C=O) groups excluding carboxylic acids is 6. The minimum Gasteiger partial charge on any atom is -0.452 e. The topological polar surface area (TPSA) is 213 Å². The van der Waals surface area contributed by atoms with Crippen LogP contribution in [0.5, 0.6) is 0 Å². The molecule has 0 aromatic rings. The Morgan fingerprint density at radius 3 is 0.500 bits per heavy atom. The quantitative estimate of drug-likeness (QED) is 0.0353. The van der Waals surface area contributed by atoms with Crippen molar-refractivity contribution in [3.63, 3.8) is 0 Å². The smallest absolute Gasteiger partial charge is 0.332 e. The van der Waals surface area contributed by atoms with Gasteiger partial charge in [-0.15, -0.1) is 0 Å². The Hall–Kier alpha value is -3.42. The second-order valence-electron chi connectivity index (χ2n) is 16.3. The highest BCUT2D eigenvalue weighted by Gasteiger charge is 2.61. The first kappa shape index (κ1) is 60.6. The summed E-state index contributed by atoms with van der Waals surface area (Å²) >= 11 is 0. The first-order valence-corrected chi connectivity index (χ1v) is 24.7. The van der Waals surface area contributed by atoms with E-state index in [9.17, 15) is 28.8 Å². The van der Waals surface area contributed by atoms with E-state index in [1.165, 1.54) is 0 Å². The average Bonchev–Trinajstić information content (AvgIpc) is 3.29.